The van der Waals surface area contributed by atoms with E-state index < -0.39 is 11.9 Å². The maximum absolute atomic E-state index is 14.6. The van der Waals surface area contributed by atoms with Crippen molar-refractivity contribution in [1.82, 2.24) is 19.6 Å². The van der Waals surface area contributed by atoms with Crippen LogP contribution < -0.4 is 5.32 Å². The second-order valence-corrected chi connectivity index (χ2v) is 6.43. The number of carbonyl (C=O) groups excluding carboxylic acids is 1. The number of hydrogen-bond acceptors (Lipinski definition) is 3. The molecule has 25 heavy (non-hydrogen) atoms. The molecule has 0 bridgehead atoms. The Morgan fingerprint density at radius 3 is 2.84 bits per heavy atom. The van der Waals surface area contributed by atoms with Gasteiger partial charge in [-0.15, -0.1) is 0 Å². The number of aromatic nitrogens is 2. The van der Waals surface area contributed by atoms with Gasteiger partial charge in [0.1, 0.15) is 5.65 Å². The smallest absolute Gasteiger partial charge is 0.277 e. The Bertz CT molecular complexity index is 927. The molecule has 1 aliphatic heterocycles. The summed E-state index contributed by atoms with van der Waals surface area (Å²) in [7, 11) is 0. The average Bonchev–Trinajstić information content (AvgIpc) is 2.98. The van der Waals surface area contributed by atoms with Gasteiger partial charge in [0, 0.05) is 31.9 Å². The second kappa shape index (κ2) is 6.46. The highest BCUT2D eigenvalue weighted by atomic mass is 35.5. The summed E-state index contributed by atoms with van der Waals surface area (Å²) in [5.74, 6) is -1.09. The highest BCUT2D eigenvalue weighted by molar-refractivity contribution is 6.30. The van der Waals surface area contributed by atoms with Crippen LogP contribution in [0.3, 0.4) is 0 Å². The van der Waals surface area contributed by atoms with Crippen LogP contribution in [0.4, 0.5) is 4.39 Å². The molecule has 0 radical (unpaired) electrons. The fourth-order valence-electron chi connectivity index (χ4n) is 3.12. The fourth-order valence-corrected chi connectivity index (χ4v) is 3.28. The topological polar surface area (TPSA) is 49.6 Å². The largest absolute Gasteiger partial charge is 0.334 e. The Balaban J connectivity index is 1.61. The third kappa shape index (κ3) is 2.99. The highest BCUT2D eigenvalue weighted by Crippen LogP contribution is 2.21. The quantitative estimate of drug-likeness (QED) is 0.766. The standard InChI is InChI=1S/C18H16ClFN4O/c19-13-6-7-15-22-16(17(20)24(15)10-13)18(25)23-9-8-21-14(11-23)12-4-2-1-3-5-12/h1-7,10,14,21H,8-9,11H2. The molecule has 1 N–H and O–H groups in total. The van der Waals surface area contributed by atoms with Gasteiger partial charge in [-0.3, -0.25) is 9.20 Å². The molecule has 0 spiro atoms. The molecule has 0 saturated carbocycles. The van der Waals surface area contributed by atoms with Gasteiger partial charge in [0.2, 0.25) is 5.95 Å². The number of amides is 1. The van der Waals surface area contributed by atoms with Crippen LogP contribution in [0.15, 0.2) is 48.7 Å². The summed E-state index contributed by atoms with van der Waals surface area (Å²) in [5.41, 5.74) is 1.29. The van der Waals surface area contributed by atoms with Crippen molar-refractivity contribution in [1.29, 1.82) is 0 Å². The van der Waals surface area contributed by atoms with Crippen LogP contribution in [0, 0.1) is 5.95 Å². The van der Waals surface area contributed by atoms with Crippen molar-refractivity contribution in [2.24, 2.45) is 0 Å². The van der Waals surface area contributed by atoms with Gasteiger partial charge in [-0.1, -0.05) is 41.9 Å². The van der Waals surface area contributed by atoms with E-state index in [9.17, 15) is 9.18 Å². The number of benzene rings is 1. The number of carbonyl (C=O) groups is 1. The first-order chi connectivity index (χ1) is 12.1. The van der Waals surface area contributed by atoms with Gasteiger partial charge in [0.25, 0.3) is 5.91 Å². The summed E-state index contributed by atoms with van der Waals surface area (Å²) in [5, 5.41) is 3.77. The summed E-state index contributed by atoms with van der Waals surface area (Å²) in [6, 6.07) is 13.1. The first kappa shape index (κ1) is 16.1. The summed E-state index contributed by atoms with van der Waals surface area (Å²) < 4.78 is 15.8. The molecule has 0 aliphatic carbocycles. The van der Waals surface area contributed by atoms with Crippen LogP contribution in [0.2, 0.25) is 5.02 Å². The van der Waals surface area contributed by atoms with E-state index in [2.05, 4.69) is 10.3 Å². The number of pyridine rings is 1. The van der Waals surface area contributed by atoms with Crippen molar-refractivity contribution in [3.05, 3.63) is 70.9 Å². The lowest BCUT2D eigenvalue weighted by atomic mass is 10.0. The summed E-state index contributed by atoms with van der Waals surface area (Å²) >= 11 is 5.90. The molecule has 1 fully saturated rings. The van der Waals surface area contributed by atoms with Crippen LogP contribution in [0.5, 0.6) is 0 Å². The van der Waals surface area contributed by atoms with E-state index in [1.54, 1.807) is 17.0 Å². The van der Waals surface area contributed by atoms with Gasteiger partial charge in [-0.05, 0) is 17.7 Å². The second-order valence-electron chi connectivity index (χ2n) is 6.00. The zero-order chi connectivity index (χ0) is 17.4. The molecular formula is C18H16ClFN4O. The minimum atomic E-state index is -0.683. The van der Waals surface area contributed by atoms with Gasteiger partial charge in [0.15, 0.2) is 5.69 Å². The first-order valence-corrected chi connectivity index (χ1v) is 8.42. The molecule has 5 nitrogen and oxygen atoms in total. The minimum Gasteiger partial charge on any atom is -0.334 e. The third-order valence-electron chi connectivity index (χ3n) is 4.39. The Morgan fingerprint density at radius 2 is 2.04 bits per heavy atom. The van der Waals surface area contributed by atoms with Crippen molar-refractivity contribution >= 4 is 23.2 Å². The predicted octanol–water partition coefficient (Wildman–Crippen LogP) is 2.91. The van der Waals surface area contributed by atoms with E-state index in [-0.39, 0.29) is 11.7 Å². The van der Waals surface area contributed by atoms with Crippen LogP contribution in [-0.4, -0.2) is 39.8 Å². The third-order valence-corrected chi connectivity index (χ3v) is 4.61. The number of hydrogen-bond donors (Lipinski definition) is 1. The van der Waals surface area contributed by atoms with E-state index in [0.29, 0.717) is 30.3 Å². The Hall–Kier alpha value is -2.44. The molecule has 4 rings (SSSR count). The van der Waals surface area contributed by atoms with Crippen LogP contribution in [-0.2, 0) is 0 Å². The van der Waals surface area contributed by atoms with E-state index >= 15 is 0 Å². The van der Waals surface area contributed by atoms with E-state index in [4.69, 9.17) is 11.6 Å². The van der Waals surface area contributed by atoms with Crippen molar-refractivity contribution in [2.75, 3.05) is 19.6 Å². The number of halogens is 2. The van der Waals surface area contributed by atoms with Gasteiger partial charge in [0.05, 0.1) is 5.02 Å². The summed E-state index contributed by atoms with van der Waals surface area (Å²) in [6.07, 6.45) is 1.42. The highest BCUT2D eigenvalue weighted by Gasteiger charge is 2.29. The summed E-state index contributed by atoms with van der Waals surface area (Å²) in [6.45, 7) is 1.62. The number of piperazine rings is 1. The molecule has 1 amide bonds. The lowest BCUT2D eigenvalue weighted by Crippen LogP contribution is -2.48. The molecule has 1 saturated heterocycles. The van der Waals surface area contributed by atoms with Crippen molar-refractivity contribution in [3.63, 3.8) is 0 Å². The monoisotopic (exact) mass is 358 g/mol. The van der Waals surface area contributed by atoms with Gasteiger partial charge in [-0.25, -0.2) is 4.98 Å². The zero-order valence-electron chi connectivity index (χ0n) is 13.3. The normalized spacial score (nSPS) is 17.8. The maximum Gasteiger partial charge on any atom is 0.277 e. The molecule has 7 heteroatoms. The molecule has 1 unspecified atom stereocenters. The van der Waals surface area contributed by atoms with E-state index in [1.807, 2.05) is 30.3 Å². The van der Waals surface area contributed by atoms with Crippen LogP contribution in [0.1, 0.15) is 22.1 Å². The average molecular weight is 359 g/mol. The van der Waals surface area contributed by atoms with Gasteiger partial charge >= 0.3 is 0 Å². The number of nitrogens with one attached hydrogen (secondary N) is 1. The predicted molar refractivity (Wildman–Crippen MR) is 93.2 cm³/mol. The van der Waals surface area contributed by atoms with Gasteiger partial charge in [-0.2, -0.15) is 4.39 Å². The lowest BCUT2D eigenvalue weighted by Gasteiger charge is -2.33. The molecule has 1 aromatic carbocycles. The Labute approximate surface area is 149 Å². The SMILES string of the molecule is O=C(c1nc2ccc(Cl)cn2c1F)N1CCNC(c2ccccc2)C1. The maximum atomic E-state index is 14.6. The first-order valence-electron chi connectivity index (χ1n) is 8.04. The summed E-state index contributed by atoms with van der Waals surface area (Å²) in [4.78, 5) is 18.6. The van der Waals surface area contributed by atoms with Gasteiger partial charge < -0.3 is 10.2 Å². The minimum absolute atomic E-state index is 0.0217. The van der Waals surface area contributed by atoms with Crippen molar-refractivity contribution in [3.8, 4) is 0 Å². The number of nitrogens with zero attached hydrogens (tertiary/aromatic N) is 3. The van der Waals surface area contributed by atoms with Crippen LogP contribution >= 0.6 is 11.6 Å². The molecule has 1 aliphatic rings. The molecule has 128 valence electrons. The van der Waals surface area contributed by atoms with Crippen molar-refractivity contribution < 1.29 is 9.18 Å². The number of fused-ring (bicyclic) bond motifs is 1. The van der Waals surface area contributed by atoms with Crippen LogP contribution in [0.25, 0.3) is 5.65 Å². The Morgan fingerprint density at radius 1 is 1.24 bits per heavy atom. The lowest BCUT2D eigenvalue weighted by molar-refractivity contribution is 0.0692. The molecule has 3 heterocycles. The fraction of sp³-hybridized carbons (Fsp3) is 0.222. The Kier molecular flexibility index (Phi) is 4.15. The molecule has 3 aromatic rings. The van der Waals surface area contributed by atoms with E-state index in [0.717, 1.165) is 5.56 Å². The number of rotatable bonds is 2. The van der Waals surface area contributed by atoms with Crippen molar-refractivity contribution in [2.45, 2.75) is 6.04 Å². The molecule has 2 aromatic heterocycles. The number of imidazole rings is 1. The zero-order valence-corrected chi connectivity index (χ0v) is 14.1. The molecular weight excluding hydrogens is 343 g/mol. The van der Waals surface area contributed by atoms with E-state index in [1.165, 1.54) is 10.6 Å². The molecule has 1 atom stereocenters.